The molecule has 1 N–H and O–H groups in total. The van der Waals surface area contributed by atoms with E-state index in [0.717, 1.165) is 11.0 Å². The Bertz CT molecular complexity index is 768. The average molecular weight is 363 g/mol. The second kappa shape index (κ2) is 7.11. The van der Waals surface area contributed by atoms with Crippen LogP contribution in [0, 0.1) is 10.1 Å². The molecule has 1 aromatic rings. The molecule has 1 aliphatic heterocycles. The number of urea groups is 1. The number of benzene rings is 1. The number of hydrogen-bond acceptors (Lipinski definition) is 6. The zero-order valence-corrected chi connectivity index (χ0v) is 15.1. The Kier molecular flexibility index (Phi) is 5.29. The van der Waals surface area contributed by atoms with Crippen LogP contribution in [0.15, 0.2) is 18.2 Å². The third-order valence-electron chi connectivity index (χ3n) is 3.99. The molecule has 0 radical (unpaired) electrons. The summed E-state index contributed by atoms with van der Waals surface area (Å²) < 4.78 is 5.09. The van der Waals surface area contributed by atoms with Crippen molar-refractivity contribution in [1.29, 1.82) is 0 Å². The zero-order valence-electron chi connectivity index (χ0n) is 15.1. The van der Waals surface area contributed by atoms with Crippen LogP contribution in [-0.4, -0.2) is 46.9 Å². The van der Waals surface area contributed by atoms with Crippen LogP contribution < -0.4 is 5.32 Å². The summed E-state index contributed by atoms with van der Waals surface area (Å²) >= 11 is 0. The number of nitro groups is 1. The lowest BCUT2D eigenvalue weighted by molar-refractivity contribution is -0.386. The van der Waals surface area contributed by atoms with Gasteiger partial charge in [-0.2, -0.15) is 0 Å². The Labute approximate surface area is 150 Å². The lowest BCUT2D eigenvalue weighted by Crippen LogP contribution is -2.41. The first-order chi connectivity index (χ1) is 12.0. The average Bonchev–Trinajstić information content (AvgIpc) is 2.98. The van der Waals surface area contributed by atoms with E-state index in [1.54, 1.807) is 0 Å². The summed E-state index contributed by atoms with van der Waals surface area (Å²) in [6.07, 6.45) is -1.19. The number of nitrogens with one attached hydrogen (secondary N) is 1. The van der Waals surface area contributed by atoms with Crippen molar-refractivity contribution in [3.8, 4) is 0 Å². The molecule has 140 valence electrons. The van der Waals surface area contributed by atoms with E-state index in [2.05, 4.69) is 5.32 Å². The number of ether oxygens (including phenoxy) is 1. The number of nitro benzene ring substituents is 1. The molecule has 0 spiro atoms. The first-order valence-electron chi connectivity index (χ1n) is 8.11. The number of esters is 1. The fourth-order valence-electron chi connectivity index (χ4n) is 2.62. The van der Waals surface area contributed by atoms with Crippen molar-refractivity contribution in [3.63, 3.8) is 0 Å². The molecule has 1 fully saturated rings. The van der Waals surface area contributed by atoms with Crippen LogP contribution >= 0.6 is 0 Å². The Balaban J connectivity index is 2.19. The highest BCUT2D eigenvalue weighted by Gasteiger charge is 2.32. The summed E-state index contributed by atoms with van der Waals surface area (Å²) in [6.45, 7) is 7.38. The van der Waals surface area contributed by atoms with Gasteiger partial charge < -0.3 is 10.1 Å². The van der Waals surface area contributed by atoms with Crippen LogP contribution in [0.3, 0.4) is 0 Å². The van der Waals surface area contributed by atoms with E-state index < -0.39 is 34.3 Å². The molecule has 9 heteroatoms. The van der Waals surface area contributed by atoms with Crippen LogP contribution in [0.1, 0.15) is 43.6 Å². The maximum Gasteiger partial charge on any atom is 0.339 e. The molecular formula is C17H21N3O6. The first kappa shape index (κ1) is 19.4. The zero-order chi connectivity index (χ0) is 19.6. The predicted octanol–water partition coefficient (Wildman–Crippen LogP) is 1.99. The number of nitrogens with zero attached hydrogens (tertiary/aromatic N) is 2. The van der Waals surface area contributed by atoms with Crippen LogP contribution in [0.4, 0.5) is 10.5 Å². The minimum atomic E-state index is -1.19. The highest BCUT2D eigenvalue weighted by Crippen LogP contribution is 2.32. The molecule has 1 saturated heterocycles. The van der Waals surface area contributed by atoms with E-state index in [0.29, 0.717) is 12.1 Å². The summed E-state index contributed by atoms with van der Waals surface area (Å²) in [5, 5.41) is 13.8. The number of imide groups is 1. The second-order valence-electron chi connectivity index (χ2n) is 7.01. The quantitative estimate of drug-likeness (QED) is 0.496. The predicted molar refractivity (Wildman–Crippen MR) is 91.8 cm³/mol. The summed E-state index contributed by atoms with van der Waals surface area (Å²) in [4.78, 5) is 47.7. The minimum Gasteiger partial charge on any atom is -0.449 e. The lowest BCUT2D eigenvalue weighted by atomic mass is 9.85. The maximum absolute atomic E-state index is 12.3. The molecule has 9 nitrogen and oxygen atoms in total. The molecule has 1 atom stereocenters. The Morgan fingerprint density at radius 1 is 1.35 bits per heavy atom. The van der Waals surface area contributed by atoms with Crippen molar-refractivity contribution in [3.05, 3.63) is 39.4 Å². The van der Waals surface area contributed by atoms with Gasteiger partial charge in [-0.1, -0.05) is 26.8 Å². The second-order valence-corrected chi connectivity index (χ2v) is 7.01. The molecule has 0 saturated carbocycles. The largest absolute Gasteiger partial charge is 0.449 e. The third kappa shape index (κ3) is 3.98. The molecule has 26 heavy (non-hydrogen) atoms. The van der Waals surface area contributed by atoms with Gasteiger partial charge in [0.2, 0.25) is 0 Å². The summed E-state index contributed by atoms with van der Waals surface area (Å²) in [5.41, 5.74) is -0.214. The van der Waals surface area contributed by atoms with E-state index in [1.807, 2.05) is 20.8 Å². The Hall–Kier alpha value is -2.97. The van der Waals surface area contributed by atoms with Gasteiger partial charge in [-0.05, 0) is 18.4 Å². The van der Waals surface area contributed by atoms with E-state index in [4.69, 9.17) is 4.74 Å². The Morgan fingerprint density at radius 3 is 2.50 bits per heavy atom. The fraction of sp³-hybridized carbons (Fsp3) is 0.471. The molecule has 1 unspecified atom stereocenters. The molecule has 1 aromatic carbocycles. The molecular weight excluding hydrogens is 342 g/mol. The van der Waals surface area contributed by atoms with Gasteiger partial charge in [0.1, 0.15) is 0 Å². The molecule has 0 bridgehead atoms. The number of carbonyl (C=O) groups is 3. The molecule has 2 rings (SSSR count). The number of hydrogen-bond donors (Lipinski definition) is 1. The van der Waals surface area contributed by atoms with Gasteiger partial charge >= 0.3 is 12.0 Å². The maximum atomic E-state index is 12.3. The van der Waals surface area contributed by atoms with Crippen molar-refractivity contribution in [2.24, 2.45) is 0 Å². The van der Waals surface area contributed by atoms with Crippen LogP contribution in [0.2, 0.25) is 0 Å². The highest BCUT2D eigenvalue weighted by atomic mass is 16.6. The van der Waals surface area contributed by atoms with Gasteiger partial charge in [0.25, 0.3) is 11.6 Å². The van der Waals surface area contributed by atoms with Gasteiger partial charge in [0.15, 0.2) is 6.10 Å². The van der Waals surface area contributed by atoms with Crippen LogP contribution in [0.5, 0.6) is 0 Å². The monoisotopic (exact) mass is 363 g/mol. The van der Waals surface area contributed by atoms with Gasteiger partial charge in [0.05, 0.1) is 10.5 Å². The minimum absolute atomic E-state index is 0.0322. The van der Waals surface area contributed by atoms with Crippen LogP contribution in [0.25, 0.3) is 0 Å². The fourth-order valence-corrected chi connectivity index (χ4v) is 2.62. The van der Waals surface area contributed by atoms with E-state index >= 15 is 0 Å². The van der Waals surface area contributed by atoms with Gasteiger partial charge in [0, 0.05) is 24.7 Å². The van der Waals surface area contributed by atoms with Crippen molar-refractivity contribution in [2.45, 2.75) is 39.2 Å². The van der Waals surface area contributed by atoms with Crippen molar-refractivity contribution >= 4 is 23.6 Å². The van der Waals surface area contributed by atoms with Gasteiger partial charge in [-0.15, -0.1) is 0 Å². The molecule has 1 heterocycles. The van der Waals surface area contributed by atoms with Crippen molar-refractivity contribution in [2.75, 3.05) is 13.1 Å². The molecule has 0 aliphatic carbocycles. The standard InChI is InChI=1S/C17H21N3O6/c1-10(14(21)19-8-7-18-16(19)23)26-15(22)11-5-6-12(17(2,3)4)13(9-11)20(24)25/h5-6,9-10H,7-8H2,1-4H3,(H,18,23). The van der Waals surface area contributed by atoms with Crippen molar-refractivity contribution in [1.82, 2.24) is 10.2 Å². The number of rotatable bonds is 4. The van der Waals surface area contributed by atoms with Crippen LogP contribution in [-0.2, 0) is 14.9 Å². The first-order valence-corrected chi connectivity index (χ1v) is 8.11. The van der Waals surface area contributed by atoms with Gasteiger partial charge in [-0.3, -0.25) is 19.8 Å². The smallest absolute Gasteiger partial charge is 0.339 e. The summed E-state index contributed by atoms with van der Waals surface area (Å²) in [5.74, 6) is -1.51. The summed E-state index contributed by atoms with van der Waals surface area (Å²) in [7, 11) is 0. The molecule has 1 aliphatic rings. The van der Waals surface area contributed by atoms with Crippen molar-refractivity contribution < 1.29 is 24.0 Å². The number of carbonyl (C=O) groups excluding carboxylic acids is 3. The van der Waals surface area contributed by atoms with E-state index in [1.165, 1.54) is 19.1 Å². The molecule has 0 aromatic heterocycles. The topological polar surface area (TPSA) is 119 Å². The SMILES string of the molecule is CC(OC(=O)c1ccc(C(C)(C)C)c([N+](=O)[O-])c1)C(=O)N1CCNC1=O. The van der Waals surface area contributed by atoms with E-state index in [-0.39, 0.29) is 17.8 Å². The Morgan fingerprint density at radius 2 is 2.00 bits per heavy atom. The summed E-state index contributed by atoms with van der Waals surface area (Å²) in [6, 6.07) is 3.54. The third-order valence-corrected chi connectivity index (χ3v) is 3.99. The molecule has 3 amide bonds. The van der Waals surface area contributed by atoms with E-state index in [9.17, 15) is 24.5 Å². The van der Waals surface area contributed by atoms with Gasteiger partial charge in [-0.25, -0.2) is 9.59 Å². The highest BCUT2D eigenvalue weighted by molar-refractivity contribution is 5.99. The lowest BCUT2D eigenvalue weighted by Gasteiger charge is -2.20. The number of amides is 3. The normalized spacial score (nSPS) is 15.4.